The monoisotopic (exact) mass is 292 g/mol. The maximum Gasteiger partial charge on any atom is 0.225 e. The Morgan fingerprint density at radius 2 is 1.86 bits per heavy atom. The zero-order valence-electron chi connectivity index (χ0n) is 12.4. The predicted octanol–water partition coefficient (Wildman–Crippen LogP) is 0.265. The number of hydrogen-bond acceptors (Lipinski definition) is 6. The summed E-state index contributed by atoms with van der Waals surface area (Å²) in [4.78, 5) is 13.3. The van der Waals surface area contributed by atoms with Crippen molar-refractivity contribution in [1.29, 1.82) is 0 Å². The molecule has 2 fully saturated rings. The molecule has 0 bridgehead atoms. The van der Waals surface area contributed by atoms with Crippen LogP contribution in [0, 0.1) is 0 Å². The van der Waals surface area contributed by atoms with E-state index in [4.69, 9.17) is 5.11 Å². The summed E-state index contributed by atoms with van der Waals surface area (Å²) < 4.78 is 0. The normalized spacial score (nSPS) is 23.6. The molecule has 2 aliphatic heterocycles. The zero-order valence-corrected chi connectivity index (χ0v) is 12.4. The van der Waals surface area contributed by atoms with E-state index >= 15 is 0 Å². The SMILES string of the molecule is OC[C@H](O)CN1CCCC12CCN(c1ncccn1)CC2. The highest BCUT2D eigenvalue weighted by Crippen LogP contribution is 2.38. The molecule has 2 aliphatic rings. The van der Waals surface area contributed by atoms with Crippen molar-refractivity contribution in [2.45, 2.75) is 37.3 Å². The molecular formula is C15H24N4O2. The summed E-state index contributed by atoms with van der Waals surface area (Å²) in [6, 6.07) is 1.84. The molecule has 0 unspecified atom stereocenters. The van der Waals surface area contributed by atoms with Gasteiger partial charge in [0.15, 0.2) is 0 Å². The van der Waals surface area contributed by atoms with Gasteiger partial charge in [0.2, 0.25) is 5.95 Å². The second-order valence-corrected chi connectivity index (χ2v) is 6.15. The zero-order chi connectivity index (χ0) is 14.7. The van der Waals surface area contributed by atoms with Crippen molar-refractivity contribution in [2.24, 2.45) is 0 Å². The van der Waals surface area contributed by atoms with Crippen LogP contribution in [0.3, 0.4) is 0 Å². The molecule has 1 spiro atoms. The van der Waals surface area contributed by atoms with E-state index in [0.717, 1.165) is 38.4 Å². The van der Waals surface area contributed by atoms with Crippen LogP contribution in [0.25, 0.3) is 0 Å². The van der Waals surface area contributed by atoms with E-state index in [-0.39, 0.29) is 12.1 Å². The topological polar surface area (TPSA) is 72.7 Å². The molecule has 21 heavy (non-hydrogen) atoms. The summed E-state index contributed by atoms with van der Waals surface area (Å²) in [7, 11) is 0. The van der Waals surface area contributed by atoms with E-state index in [2.05, 4.69) is 19.8 Å². The van der Waals surface area contributed by atoms with Gasteiger partial charge < -0.3 is 15.1 Å². The highest BCUT2D eigenvalue weighted by Gasteiger charge is 2.43. The molecule has 1 aromatic rings. The van der Waals surface area contributed by atoms with Gasteiger partial charge in [-0.15, -0.1) is 0 Å². The quantitative estimate of drug-likeness (QED) is 0.829. The third-order valence-electron chi connectivity index (χ3n) is 4.91. The van der Waals surface area contributed by atoms with Crippen molar-refractivity contribution in [3.63, 3.8) is 0 Å². The molecule has 1 atom stereocenters. The van der Waals surface area contributed by atoms with Gasteiger partial charge in [0.25, 0.3) is 0 Å². The van der Waals surface area contributed by atoms with E-state index in [1.54, 1.807) is 12.4 Å². The molecule has 0 amide bonds. The molecule has 6 nitrogen and oxygen atoms in total. The lowest BCUT2D eigenvalue weighted by atomic mass is 9.85. The Kier molecular flexibility index (Phi) is 4.37. The van der Waals surface area contributed by atoms with Gasteiger partial charge in [-0.2, -0.15) is 0 Å². The highest BCUT2D eigenvalue weighted by atomic mass is 16.3. The van der Waals surface area contributed by atoms with Crippen molar-refractivity contribution in [3.8, 4) is 0 Å². The predicted molar refractivity (Wildman–Crippen MR) is 80.1 cm³/mol. The summed E-state index contributed by atoms with van der Waals surface area (Å²) in [6.07, 6.45) is 7.45. The molecule has 116 valence electrons. The molecule has 0 aromatic carbocycles. The third kappa shape index (κ3) is 3.02. The first-order valence-corrected chi connectivity index (χ1v) is 7.79. The summed E-state index contributed by atoms with van der Waals surface area (Å²) in [5.41, 5.74) is 0.196. The summed E-state index contributed by atoms with van der Waals surface area (Å²) in [6.45, 7) is 3.36. The minimum Gasteiger partial charge on any atom is -0.394 e. The average molecular weight is 292 g/mol. The number of likely N-dealkylation sites (tertiary alicyclic amines) is 1. The summed E-state index contributed by atoms with van der Waals surface area (Å²) in [5, 5.41) is 18.8. The molecule has 0 radical (unpaired) electrons. The fourth-order valence-corrected chi connectivity index (χ4v) is 3.74. The number of β-amino-alcohol motifs (C(OH)–C–C–N with tert-alkyl or cyclic N) is 1. The van der Waals surface area contributed by atoms with Crippen molar-refractivity contribution in [3.05, 3.63) is 18.5 Å². The lowest BCUT2D eigenvalue weighted by Gasteiger charge is -2.45. The van der Waals surface area contributed by atoms with Gasteiger partial charge in [-0.25, -0.2) is 9.97 Å². The van der Waals surface area contributed by atoms with Gasteiger partial charge in [0, 0.05) is 37.6 Å². The number of aliphatic hydroxyl groups excluding tert-OH is 2. The Balaban J connectivity index is 1.63. The molecule has 2 saturated heterocycles. The minimum absolute atomic E-state index is 0.156. The molecule has 0 saturated carbocycles. The third-order valence-corrected chi connectivity index (χ3v) is 4.91. The number of aromatic nitrogens is 2. The van der Waals surface area contributed by atoms with E-state index in [0.29, 0.717) is 6.54 Å². The van der Waals surface area contributed by atoms with Crippen LogP contribution in [0.15, 0.2) is 18.5 Å². The van der Waals surface area contributed by atoms with Crippen molar-refractivity contribution in [1.82, 2.24) is 14.9 Å². The van der Waals surface area contributed by atoms with Crippen LogP contribution in [0.5, 0.6) is 0 Å². The van der Waals surface area contributed by atoms with Crippen molar-refractivity contribution >= 4 is 5.95 Å². The molecule has 3 rings (SSSR count). The highest BCUT2D eigenvalue weighted by molar-refractivity contribution is 5.30. The number of aliphatic hydroxyl groups is 2. The molecule has 6 heteroatoms. The van der Waals surface area contributed by atoms with Gasteiger partial charge in [-0.1, -0.05) is 0 Å². The number of nitrogens with zero attached hydrogens (tertiary/aromatic N) is 4. The summed E-state index contributed by atoms with van der Waals surface area (Å²) >= 11 is 0. The minimum atomic E-state index is -0.629. The standard InChI is InChI=1S/C15H24N4O2/c20-12-13(21)11-19-8-1-3-15(19)4-9-18(10-5-15)14-16-6-2-7-17-14/h2,6-7,13,20-21H,1,3-5,8-12H2/t13-/m1/s1. The largest absolute Gasteiger partial charge is 0.394 e. The lowest BCUT2D eigenvalue weighted by molar-refractivity contribution is 0.0207. The lowest BCUT2D eigenvalue weighted by Crippen LogP contribution is -2.54. The van der Waals surface area contributed by atoms with E-state index in [1.165, 1.54) is 12.8 Å². The van der Waals surface area contributed by atoms with Gasteiger partial charge in [0.1, 0.15) is 0 Å². The molecule has 3 heterocycles. The van der Waals surface area contributed by atoms with E-state index in [9.17, 15) is 5.11 Å². The fraction of sp³-hybridized carbons (Fsp3) is 0.733. The van der Waals surface area contributed by atoms with Crippen LogP contribution in [0.4, 0.5) is 5.95 Å². The van der Waals surface area contributed by atoms with Crippen molar-refractivity contribution < 1.29 is 10.2 Å². The number of piperidine rings is 1. The first-order chi connectivity index (χ1) is 10.2. The molecule has 2 N–H and O–H groups in total. The van der Waals surface area contributed by atoms with Gasteiger partial charge >= 0.3 is 0 Å². The van der Waals surface area contributed by atoms with Gasteiger partial charge in [-0.3, -0.25) is 4.90 Å². The number of anilines is 1. The van der Waals surface area contributed by atoms with Crippen LogP contribution in [0.1, 0.15) is 25.7 Å². The van der Waals surface area contributed by atoms with Crippen LogP contribution in [-0.4, -0.2) is 69.5 Å². The second kappa shape index (κ2) is 6.25. The average Bonchev–Trinajstić information content (AvgIpc) is 2.91. The van der Waals surface area contributed by atoms with Crippen molar-refractivity contribution in [2.75, 3.05) is 37.7 Å². The Bertz CT molecular complexity index is 448. The first-order valence-electron chi connectivity index (χ1n) is 7.79. The molecule has 1 aromatic heterocycles. The maximum atomic E-state index is 9.74. The Morgan fingerprint density at radius 3 is 2.52 bits per heavy atom. The van der Waals surface area contributed by atoms with Crippen LogP contribution >= 0.6 is 0 Å². The van der Waals surface area contributed by atoms with E-state index in [1.807, 2.05) is 6.07 Å². The second-order valence-electron chi connectivity index (χ2n) is 6.15. The maximum absolute atomic E-state index is 9.74. The molecular weight excluding hydrogens is 268 g/mol. The van der Waals surface area contributed by atoms with Gasteiger partial charge in [0.05, 0.1) is 12.7 Å². The number of rotatable bonds is 4. The molecule has 0 aliphatic carbocycles. The van der Waals surface area contributed by atoms with Crippen LogP contribution < -0.4 is 4.90 Å². The first kappa shape index (κ1) is 14.7. The smallest absolute Gasteiger partial charge is 0.225 e. The number of hydrogen-bond donors (Lipinski definition) is 2. The van der Waals surface area contributed by atoms with Crippen LogP contribution in [-0.2, 0) is 0 Å². The van der Waals surface area contributed by atoms with Gasteiger partial charge in [-0.05, 0) is 38.3 Å². The Hall–Kier alpha value is -1.24. The Morgan fingerprint density at radius 1 is 1.14 bits per heavy atom. The Labute approximate surface area is 125 Å². The van der Waals surface area contributed by atoms with E-state index < -0.39 is 6.10 Å². The summed E-state index contributed by atoms with van der Waals surface area (Å²) in [5.74, 6) is 0.812. The van der Waals surface area contributed by atoms with Crippen LogP contribution in [0.2, 0.25) is 0 Å². The fourth-order valence-electron chi connectivity index (χ4n) is 3.74.